The van der Waals surface area contributed by atoms with Gasteiger partial charge in [-0.1, -0.05) is 94.8 Å². The summed E-state index contributed by atoms with van der Waals surface area (Å²) in [7, 11) is 0. The number of amides is 14. The first-order valence-electron chi connectivity index (χ1n) is 37.1. The van der Waals surface area contributed by atoms with E-state index in [1.54, 1.807) is 88.6 Å². The molecule has 34 heteroatoms. The number of aromatic amines is 2. The lowest BCUT2D eigenvalue weighted by molar-refractivity contribution is -0.143. The van der Waals surface area contributed by atoms with Crippen LogP contribution >= 0.6 is 11.8 Å². The number of phenols is 2. The van der Waals surface area contributed by atoms with E-state index in [0.717, 1.165) is 11.8 Å². The number of benzene rings is 4. The molecule has 2 aliphatic rings. The highest BCUT2D eigenvalue weighted by Gasteiger charge is 2.42. The lowest BCUT2D eigenvalue weighted by Gasteiger charge is -2.31. The van der Waals surface area contributed by atoms with Crippen molar-refractivity contribution in [3.05, 3.63) is 132 Å². The summed E-state index contributed by atoms with van der Waals surface area (Å²) in [5.74, 6) is -15.1. The second-order valence-corrected chi connectivity index (χ2v) is 29.6. The first kappa shape index (κ1) is 85.1. The Morgan fingerprint density at radius 1 is 0.514 bits per heavy atom. The van der Waals surface area contributed by atoms with Crippen molar-refractivity contribution in [2.45, 2.75) is 184 Å². The van der Waals surface area contributed by atoms with Crippen molar-refractivity contribution in [3.63, 3.8) is 0 Å². The third-order valence-electron chi connectivity index (χ3n) is 19.6. The first-order chi connectivity index (χ1) is 53.0. The molecule has 0 spiro atoms. The number of unbranched alkanes of at least 4 members (excludes halogenated alkanes) is 1. The van der Waals surface area contributed by atoms with Crippen molar-refractivity contribution in [2.75, 3.05) is 24.6 Å². The molecule has 22 N–H and O–H groups in total. The van der Waals surface area contributed by atoms with E-state index in [2.05, 4.69) is 63.1 Å². The number of phenolic OH excluding ortho intramolecular Hbond substituents is 2. The molecular weight excluding hydrogens is 1450 g/mol. The van der Waals surface area contributed by atoms with Crippen molar-refractivity contribution in [2.24, 2.45) is 34.8 Å². The van der Waals surface area contributed by atoms with E-state index in [4.69, 9.17) is 22.9 Å². The van der Waals surface area contributed by atoms with Gasteiger partial charge in [0, 0.05) is 78.6 Å². The molecule has 2 aromatic heterocycles. The predicted molar refractivity (Wildman–Crippen MR) is 412 cm³/mol. The van der Waals surface area contributed by atoms with E-state index in [-0.39, 0.29) is 107 Å². The number of para-hydroxylation sites is 2. The molecule has 0 saturated carbocycles. The third kappa shape index (κ3) is 24.7. The van der Waals surface area contributed by atoms with Crippen molar-refractivity contribution in [3.8, 4) is 11.5 Å². The Morgan fingerprint density at radius 2 is 0.982 bits per heavy atom. The number of aromatic nitrogens is 2. The normalized spacial score (nSPS) is 23.5. The fourth-order valence-electron chi connectivity index (χ4n) is 13.4. The molecule has 2 saturated heterocycles. The molecule has 14 amide bonds. The van der Waals surface area contributed by atoms with Gasteiger partial charge in [-0.05, 0) is 122 Å². The minimum Gasteiger partial charge on any atom is -0.508 e. The molecule has 0 aliphatic carbocycles. The van der Waals surface area contributed by atoms with Crippen molar-refractivity contribution in [1.29, 1.82) is 0 Å². The number of carbonyl (C=O) groups excluding carboxylic acids is 14. The maximum absolute atomic E-state index is 15.3. The highest BCUT2D eigenvalue weighted by Crippen LogP contribution is 2.25. The summed E-state index contributed by atoms with van der Waals surface area (Å²) < 4.78 is 0. The minimum absolute atomic E-state index is 0.0373. The van der Waals surface area contributed by atoms with Gasteiger partial charge in [0.05, 0.1) is 12.2 Å². The zero-order valence-electron chi connectivity index (χ0n) is 62.4. The molecular formula is C77H101N17O16S. The average Bonchev–Trinajstić information content (AvgIpc) is 1.72. The number of carbonyl (C=O) groups is 14. The molecule has 4 aromatic carbocycles. The molecule has 12 atom stereocenters. The SMILES string of the molecule is CC[C@H](C)[C@@H]1NC(=O)[C@H](CC(C)C)NC(=O)[C@H](Cc2c[nH]c3ccccc23)NC(=O)[C@H](Cc2ccc(O)cc2)NC(=O)[C@@H]2CCCN2C(=O)[C@H](CCC(N)=O)NC(=O)[C@H](CCCCN)NC(=O)[C@H](Cc2ccc(O)cc2)NC(=O)CSC[C@@H](C(N)=O)NC(=O)[C@H](Cc2c[nH]c3ccccc23)NC(=O)[C@H](CC(N)=O)NC1=O. The largest absolute Gasteiger partial charge is 0.508 e. The number of nitrogens with one attached hydrogen (secondary N) is 12. The fraction of sp³-hybridized carbons (Fsp3) is 0.455. The van der Waals surface area contributed by atoms with Crippen LogP contribution in [0.2, 0.25) is 0 Å². The van der Waals surface area contributed by atoms with Crippen LogP contribution in [-0.4, -0.2) is 199 Å². The molecule has 2 fully saturated rings. The van der Waals surface area contributed by atoms with Gasteiger partial charge in [0.25, 0.3) is 0 Å². The van der Waals surface area contributed by atoms with Gasteiger partial charge in [0.1, 0.15) is 78.0 Å². The first-order valence-corrected chi connectivity index (χ1v) is 38.3. The highest BCUT2D eigenvalue weighted by atomic mass is 32.2. The van der Waals surface area contributed by atoms with Crippen LogP contribution in [0.3, 0.4) is 0 Å². The van der Waals surface area contributed by atoms with Crippen LogP contribution < -0.4 is 76.1 Å². The van der Waals surface area contributed by atoms with Crippen molar-refractivity contribution >= 4 is 116 Å². The van der Waals surface area contributed by atoms with Gasteiger partial charge in [-0.25, -0.2) is 0 Å². The number of primary amides is 3. The number of rotatable bonds is 22. The van der Waals surface area contributed by atoms with Gasteiger partial charge >= 0.3 is 0 Å². The number of nitrogens with zero attached hydrogens (tertiary/aromatic N) is 1. The molecule has 8 rings (SSSR count). The zero-order valence-corrected chi connectivity index (χ0v) is 63.2. The van der Waals surface area contributed by atoms with Gasteiger partial charge in [-0.2, -0.15) is 0 Å². The molecule has 6 aromatic rings. The molecule has 596 valence electrons. The summed E-state index contributed by atoms with van der Waals surface area (Å²) in [6.45, 7) is 7.03. The Labute approximate surface area is 645 Å². The number of hydrogen-bond acceptors (Lipinski definition) is 18. The van der Waals surface area contributed by atoms with Gasteiger partial charge in [-0.3, -0.25) is 67.1 Å². The molecule has 111 heavy (non-hydrogen) atoms. The van der Waals surface area contributed by atoms with E-state index in [1.807, 2.05) is 0 Å². The summed E-state index contributed by atoms with van der Waals surface area (Å²) in [5, 5.41) is 48.8. The number of thioether (sulfide) groups is 1. The standard InChI is InChI=1S/C77H101N17O16S/c1-5-42(4)66-76(109)91-60(36-64(80)98)73(106)89-59(35-46-38-83-52-16-9-7-14-50(46)52)72(105)92-61(67(81)100)39-111-40-65(99)84-56(32-43-19-23-47(95)24-20-43)69(102)85-53(17-10-11-29-78)68(101)86-54(27-28-63(79)97)77(110)94-30-12-18-62(94)75(108)90-57(33-44-21-25-48(96)26-22-44)70(103)88-58(34-45-37-82-51-15-8-6-13-49(45)51)71(104)87-55(31-41(2)3)74(107)93-66/h6-9,13-16,19-26,37-38,41-42,53-62,66,82-83,95-96H,5,10-12,17-18,27-36,39-40,78H2,1-4H3,(H2,79,97)(H2,80,98)(H2,81,100)(H,84,99)(H,85,102)(H,86,101)(H,87,104)(H,88,103)(H,89,106)(H,90,108)(H,91,109)(H,92,105)(H,93,107)/t42-,53-,54-,55-,56-,57-,58-,59-,60-,61-,62-,66-/m0/s1. The van der Waals surface area contributed by atoms with Crippen LogP contribution in [0, 0.1) is 11.8 Å². The fourth-order valence-corrected chi connectivity index (χ4v) is 14.2. The number of aromatic hydroxyl groups is 2. The molecule has 4 heterocycles. The quantitative estimate of drug-likeness (QED) is 0.0390. The van der Waals surface area contributed by atoms with Gasteiger partial charge in [0.15, 0.2) is 0 Å². The Kier molecular flexibility index (Phi) is 31.2. The maximum atomic E-state index is 15.3. The van der Waals surface area contributed by atoms with Gasteiger partial charge in [-0.15, -0.1) is 11.8 Å². The third-order valence-corrected chi connectivity index (χ3v) is 20.6. The number of hydrogen-bond donors (Lipinski definition) is 18. The van der Waals surface area contributed by atoms with Crippen LogP contribution in [-0.2, 0) is 92.8 Å². The van der Waals surface area contributed by atoms with Crippen LogP contribution in [0.15, 0.2) is 109 Å². The van der Waals surface area contributed by atoms with Crippen LogP contribution in [0.4, 0.5) is 0 Å². The number of H-pyrrole nitrogens is 2. The van der Waals surface area contributed by atoms with Gasteiger partial charge < -0.3 is 101 Å². The monoisotopic (exact) mass is 1550 g/mol. The Bertz CT molecular complexity index is 4320. The average molecular weight is 1550 g/mol. The van der Waals surface area contributed by atoms with E-state index < -0.39 is 174 Å². The Balaban J connectivity index is 1.19. The van der Waals surface area contributed by atoms with E-state index in [1.165, 1.54) is 53.4 Å². The second kappa shape index (κ2) is 40.8. The predicted octanol–water partition coefficient (Wildman–Crippen LogP) is -0.236. The number of fused-ring (bicyclic) bond motifs is 3. The van der Waals surface area contributed by atoms with E-state index in [0.29, 0.717) is 50.5 Å². The summed E-state index contributed by atoms with van der Waals surface area (Å²) in [5.41, 5.74) is 26.4. The molecule has 33 nitrogen and oxygen atoms in total. The summed E-state index contributed by atoms with van der Waals surface area (Å²) in [6.07, 6.45) is 1.61. The van der Waals surface area contributed by atoms with Crippen molar-refractivity contribution in [1.82, 2.24) is 68.0 Å². The Hall–Kier alpha value is -11.6. The molecule has 0 unspecified atom stereocenters. The maximum Gasteiger partial charge on any atom is 0.245 e. The second-order valence-electron chi connectivity index (χ2n) is 28.5. The molecule has 0 radical (unpaired) electrons. The smallest absolute Gasteiger partial charge is 0.245 e. The topological polar surface area (TPSA) is 539 Å². The molecule has 0 bridgehead atoms. The Morgan fingerprint density at radius 3 is 1.50 bits per heavy atom. The van der Waals surface area contributed by atoms with Gasteiger partial charge in [0.2, 0.25) is 82.7 Å². The highest BCUT2D eigenvalue weighted by molar-refractivity contribution is 8.00. The lowest BCUT2D eigenvalue weighted by atomic mass is 9.96. The number of nitrogens with two attached hydrogens (primary N) is 4. The summed E-state index contributed by atoms with van der Waals surface area (Å²) >= 11 is 0.809. The zero-order chi connectivity index (χ0) is 80.6. The summed E-state index contributed by atoms with van der Waals surface area (Å²) in [4.78, 5) is 210. The summed E-state index contributed by atoms with van der Waals surface area (Å²) in [6, 6.07) is 8.83. The molecule has 2 aliphatic heterocycles. The van der Waals surface area contributed by atoms with Crippen molar-refractivity contribution < 1.29 is 77.3 Å². The van der Waals surface area contributed by atoms with E-state index in [9.17, 15) is 58.2 Å². The van der Waals surface area contributed by atoms with Crippen LogP contribution in [0.5, 0.6) is 11.5 Å². The van der Waals surface area contributed by atoms with E-state index >= 15 is 19.2 Å². The van der Waals surface area contributed by atoms with Crippen LogP contribution in [0.1, 0.15) is 114 Å². The van der Waals surface area contributed by atoms with Crippen LogP contribution in [0.25, 0.3) is 21.8 Å². The lowest BCUT2D eigenvalue weighted by Crippen LogP contribution is -2.62. The minimum atomic E-state index is -1.82.